The van der Waals surface area contributed by atoms with Crippen LogP contribution in [-0.2, 0) is 11.3 Å². The Morgan fingerprint density at radius 3 is 2.92 bits per heavy atom. The Balaban J connectivity index is 1.39. The number of aromatic nitrogens is 1. The molecule has 5 nitrogen and oxygen atoms in total. The van der Waals surface area contributed by atoms with Crippen LogP contribution < -0.4 is 10.1 Å². The number of rotatable bonds is 7. The minimum atomic E-state index is 0.0594. The van der Waals surface area contributed by atoms with Crippen LogP contribution in [0.4, 0.5) is 0 Å². The fraction of sp³-hybridized carbons (Fsp3) is 0.400. The fourth-order valence-corrected chi connectivity index (χ4v) is 3.14. The molecule has 2 heterocycles. The van der Waals surface area contributed by atoms with Crippen molar-refractivity contribution >= 4 is 5.91 Å². The number of benzene rings is 1. The molecule has 0 radical (unpaired) electrons. The third-order valence-electron chi connectivity index (χ3n) is 4.34. The summed E-state index contributed by atoms with van der Waals surface area (Å²) in [5, 5.41) is 3.14. The number of pyridine rings is 1. The summed E-state index contributed by atoms with van der Waals surface area (Å²) >= 11 is 0. The van der Waals surface area contributed by atoms with Crippen LogP contribution in [0.15, 0.2) is 54.9 Å². The number of ether oxygens (including phenoxy) is 1. The Labute approximate surface area is 149 Å². The minimum Gasteiger partial charge on any atom is -0.493 e. The second-order valence-electron chi connectivity index (χ2n) is 6.41. The van der Waals surface area contributed by atoms with Gasteiger partial charge in [0.25, 0.3) is 0 Å². The van der Waals surface area contributed by atoms with Crippen molar-refractivity contribution in [3.8, 4) is 5.75 Å². The molecule has 1 aromatic heterocycles. The van der Waals surface area contributed by atoms with Crippen molar-refractivity contribution in [1.82, 2.24) is 15.2 Å². The van der Waals surface area contributed by atoms with Crippen molar-refractivity contribution in [3.63, 3.8) is 0 Å². The van der Waals surface area contributed by atoms with E-state index >= 15 is 0 Å². The number of hydrogen-bond donors (Lipinski definition) is 1. The highest BCUT2D eigenvalue weighted by atomic mass is 16.5. The van der Waals surface area contributed by atoms with Gasteiger partial charge in [-0.3, -0.25) is 14.7 Å². The number of amides is 1. The van der Waals surface area contributed by atoms with Crippen LogP contribution in [0.5, 0.6) is 5.75 Å². The van der Waals surface area contributed by atoms with E-state index in [0.29, 0.717) is 13.0 Å². The molecular formula is C20H25N3O2. The molecule has 1 N–H and O–H groups in total. The van der Waals surface area contributed by atoms with Crippen LogP contribution in [0, 0.1) is 0 Å². The zero-order chi connectivity index (χ0) is 17.3. The Kier molecular flexibility index (Phi) is 6.40. The van der Waals surface area contributed by atoms with E-state index in [0.717, 1.165) is 38.2 Å². The van der Waals surface area contributed by atoms with Gasteiger partial charge < -0.3 is 10.1 Å². The summed E-state index contributed by atoms with van der Waals surface area (Å²) in [7, 11) is 0. The van der Waals surface area contributed by atoms with Crippen LogP contribution >= 0.6 is 0 Å². The third-order valence-corrected chi connectivity index (χ3v) is 4.34. The van der Waals surface area contributed by atoms with Gasteiger partial charge in [0.05, 0.1) is 13.0 Å². The zero-order valence-electron chi connectivity index (χ0n) is 14.4. The molecule has 2 aromatic rings. The average Bonchev–Trinajstić information content (AvgIpc) is 2.64. The van der Waals surface area contributed by atoms with Crippen molar-refractivity contribution in [3.05, 3.63) is 60.4 Å². The van der Waals surface area contributed by atoms with Gasteiger partial charge in [-0.05, 0) is 43.1 Å². The van der Waals surface area contributed by atoms with E-state index < -0.39 is 0 Å². The van der Waals surface area contributed by atoms with Crippen LogP contribution in [0.3, 0.4) is 0 Å². The van der Waals surface area contributed by atoms with Gasteiger partial charge in [-0.2, -0.15) is 0 Å². The Hall–Kier alpha value is -2.40. The lowest BCUT2D eigenvalue weighted by Gasteiger charge is -2.33. The number of nitrogens with one attached hydrogen (secondary N) is 1. The van der Waals surface area contributed by atoms with Gasteiger partial charge in [0, 0.05) is 31.5 Å². The number of piperidine rings is 1. The molecule has 1 saturated heterocycles. The fourth-order valence-electron chi connectivity index (χ4n) is 3.14. The zero-order valence-corrected chi connectivity index (χ0v) is 14.4. The second-order valence-corrected chi connectivity index (χ2v) is 6.41. The molecule has 1 aliphatic rings. The first kappa shape index (κ1) is 17.4. The van der Waals surface area contributed by atoms with Crippen molar-refractivity contribution in [1.29, 1.82) is 0 Å². The lowest BCUT2D eigenvalue weighted by Crippen LogP contribution is -2.47. The molecule has 0 aliphatic carbocycles. The maximum atomic E-state index is 12.1. The summed E-state index contributed by atoms with van der Waals surface area (Å²) in [5.74, 6) is 0.861. The summed E-state index contributed by atoms with van der Waals surface area (Å²) in [6, 6.07) is 13.9. The van der Waals surface area contributed by atoms with Crippen LogP contribution in [0.2, 0.25) is 0 Å². The Bertz CT molecular complexity index is 649. The molecule has 3 rings (SSSR count). The van der Waals surface area contributed by atoms with E-state index in [9.17, 15) is 4.79 Å². The number of carbonyl (C=O) groups excluding carboxylic acids is 1. The molecule has 0 spiro atoms. The second kappa shape index (κ2) is 9.18. The molecule has 1 atom stereocenters. The van der Waals surface area contributed by atoms with Crippen LogP contribution in [0.1, 0.15) is 24.8 Å². The van der Waals surface area contributed by atoms with E-state index in [1.165, 1.54) is 5.56 Å². The van der Waals surface area contributed by atoms with Crippen molar-refractivity contribution in [2.75, 3.05) is 19.7 Å². The first-order valence-electron chi connectivity index (χ1n) is 8.88. The molecule has 1 aromatic carbocycles. The van der Waals surface area contributed by atoms with E-state index in [1.807, 2.05) is 42.6 Å². The molecule has 0 unspecified atom stereocenters. The van der Waals surface area contributed by atoms with Gasteiger partial charge in [-0.1, -0.05) is 24.3 Å². The highest BCUT2D eigenvalue weighted by molar-refractivity contribution is 5.76. The van der Waals surface area contributed by atoms with Crippen LogP contribution in [-0.4, -0.2) is 41.5 Å². The van der Waals surface area contributed by atoms with Gasteiger partial charge in [0.1, 0.15) is 5.75 Å². The molecule has 132 valence electrons. The average molecular weight is 339 g/mol. The maximum absolute atomic E-state index is 12.1. The van der Waals surface area contributed by atoms with Gasteiger partial charge in [0.2, 0.25) is 5.91 Å². The quantitative estimate of drug-likeness (QED) is 0.842. The summed E-state index contributed by atoms with van der Waals surface area (Å²) in [6.07, 6.45) is 6.22. The van der Waals surface area contributed by atoms with E-state index in [4.69, 9.17) is 4.74 Å². The first-order chi connectivity index (χ1) is 12.3. The van der Waals surface area contributed by atoms with Crippen molar-refractivity contribution in [2.24, 2.45) is 0 Å². The van der Waals surface area contributed by atoms with E-state index in [2.05, 4.69) is 21.3 Å². The predicted octanol–water partition coefficient (Wildman–Crippen LogP) is 2.63. The Morgan fingerprint density at radius 2 is 2.12 bits per heavy atom. The molecule has 5 heteroatoms. The monoisotopic (exact) mass is 339 g/mol. The lowest BCUT2D eigenvalue weighted by molar-refractivity contribution is -0.122. The molecule has 0 saturated carbocycles. The smallest absolute Gasteiger partial charge is 0.223 e. The molecule has 1 aliphatic heterocycles. The standard InChI is InChI=1S/C20H25N3O2/c24-20(10-13-25-19-8-2-1-3-9-19)22-18-7-5-12-23(16-18)15-17-6-4-11-21-14-17/h1-4,6,8-9,11,14,18H,5,7,10,12-13,15-16H2,(H,22,24)/t18-/m0/s1. The third kappa shape index (κ3) is 5.87. The summed E-state index contributed by atoms with van der Waals surface area (Å²) < 4.78 is 5.59. The number of nitrogens with zero attached hydrogens (tertiary/aromatic N) is 2. The molecule has 1 amide bonds. The Morgan fingerprint density at radius 1 is 1.24 bits per heavy atom. The number of likely N-dealkylation sites (tertiary alicyclic amines) is 1. The molecule has 0 bridgehead atoms. The van der Waals surface area contributed by atoms with Crippen LogP contribution in [0.25, 0.3) is 0 Å². The van der Waals surface area contributed by atoms with Gasteiger partial charge >= 0.3 is 0 Å². The van der Waals surface area contributed by atoms with Gasteiger partial charge in [-0.15, -0.1) is 0 Å². The highest BCUT2D eigenvalue weighted by Gasteiger charge is 2.21. The van der Waals surface area contributed by atoms with Crippen molar-refractivity contribution in [2.45, 2.75) is 31.8 Å². The predicted molar refractivity (Wildman–Crippen MR) is 97.2 cm³/mol. The molecule has 25 heavy (non-hydrogen) atoms. The molecular weight excluding hydrogens is 314 g/mol. The largest absolute Gasteiger partial charge is 0.493 e. The van der Waals surface area contributed by atoms with Gasteiger partial charge in [-0.25, -0.2) is 0 Å². The lowest BCUT2D eigenvalue weighted by atomic mass is 10.0. The SMILES string of the molecule is O=C(CCOc1ccccc1)N[C@H]1CCCN(Cc2cccnc2)C1. The normalized spacial score (nSPS) is 17.8. The van der Waals surface area contributed by atoms with Gasteiger partial charge in [0.15, 0.2) is 0 Å². The van der Waals surface area contributed by atoms with E-state index in [1.54, 1.807) is 6.20 Å². The summed E-state index contributed by atoms with van der Waals surface area (Å²) in [5.41, 5.74) is 1.21. The summed E-state index contributed by atoms with van der Waals surface area (Å²) in [6.45, 7) is 3.25. The minimum absolute atomic E-state index is 0.0594. The summed E-state index contributed by atoms with van der Waals surface area (Å²) in [4.78, 5) is 18.7. The van der Waals surface area contributed by atoms with E-state index in [-0.39, 0.29) is 11.9 Å². The number of carbonyl (C=O) groups is 1. The number of hydrogen-bond acceptors (Lipinski definition) is 4. The number of para-hydroxylation sites is 1. The topological polar surface area (TPSA) is 54.5 Å². The van der Waals surface area contributed by atoms with Crippen molar-refractivity contribution < 1.29 is 9.53 Å². The maximum Gasteiger partial charge on any atom is 0.223 e. The first-order valence-corrected chi connectivity index (χ1v) is 8.88. The molecule has 1 fully saturated rings. The highest BCUT2D eigenvalue weighted by Crippen LogP contribution is 2.14.